The van der Waals surface area contributed by atoms with Crippen molar-refractivity contribution in [1.82, 2.24) is 0 Å². The smallest absolute Gasteiger partial charge is 1.00 e. The molecule has 0 aromatic heterocycles. The summed E-state index contributed by atoms with van der Waals surface area (Å²) in [5, 5.41) is 0. The zero-order valence-electron chi connectivity index (χ0n) is 14.4. The molecule has 0 fully saturated rings. The molecular weight excluding hydrogens is 406 g/mol. The van der Waals surface area contributed by atoms with E-state index in [1.54, 1.807) is 11.1 Å². The molecule has 0 saturated heterocycles. The molecule has 0 bridgehead atoms. The van der Waals surface area contributed by atoms with Crippen molar-refractivity contribution in [2.45, 2.75) is 65.5 Å². The van der Waals surface area contributed by atoms with Gasteiger partial charge in [0.05, 0.1) is 0 Å². The van der Waals surface area contributed by atoms with Crippen LogP contribution in [0.2, 0.25) is 13.1 Å². The number of hydrogen-bond acceptors (Lipinski definition) is 0. The van der Waals surface area contributed by atoms with Gasteiger partial charge in [0.2, 0.25) is 0 Å². The molecular formula is C18H29Cl2SiZr. The first kappa shape index (κ1) is 22.6. The Morgan fingerprint density at radius 3 is 1.59 bits per heavy atom. The van der Waals surface area contributed by atoms with Gasteiger partial charge in [-0.2, -0.15) is 0 Å². The summed E-state index contributed by atoms with van der Waals surface area (Å²) in [5.41, 5.74) is 3.27. The van der Waals surface area contributed by atoms with Crippen LogP contribution in [-0.2, 0) is 20.9 Å². The van der Waals surface area contributed by atoms with E-state index in [0.717, 1.165) is 0 Å². The van der Waals surface area contributed by atoms with Crippen LogP contribution in [0.5, 0.6) is 0 Å². The fourth-order valence-corrected chi connectivity index (χ4v) is 22.5. The van der Waals surface area contributed by atoms with E-state index in [1.165, 1.54) is 38.5 Å². The number of hydrogen-bond donors (Lipinski definition) is 0. The van der Waals surface area contributed by atoms with Crippen LogP contribution in [0.15, 0.2) is 42.0 Å². The predicted molar refractivity (Wildman–Crippen MR) is 90.3 cm³/mol. The van der Waals surface area contributed by atoms with Crippen LogP contribution in [0, 0.1) is 0 Å². The molecule has 0 aromatic carbocycles. The largest absolute Gasteiger partial charge is 1.00 e. The maximum atomic E-state index is 2.62. The second kappa shape index (κ2) is 11.2. The Kier molecular flexibility index (Phi) is 11.6. The molecule has 2 aliphatic carbocycles. The molecule has 0 radical (unpaired) electrons. The molecule has 2 rings (SSSR count). The first-order valence-electron chi connectivity index (χ1n) is 8.32. The van der Waals surface area contributed by atoms with E-state index >= 15 is 0 Å². The second-order valence-corrected chi connectivity index (χ2v) is 25.8. The number of rotatable bonds is 7. The van der Waals surface area contributed by atoms with Gasteiger partial charge in [0.25, 0.3) is 0 Å². The van der Waals surface area contributed by atoms with Crippen molar-refractivity contribution in [3.05, 3.63) is 42.0 Å². The van der Waals surface area contributed by atoms with Crippen LogP contribution in [0.25, 0.3) is 0 Å². The van der Waals surface area contributed by atoms with Gasteiger partial charge in [0.1, 0.15) is 0 Å². The molecule has 22 heavy (non-hydrogen) atoms. The summed E-state index contributed by atoms with van der Waals surface area (Å²) >= 11 is -1.44. The van der Waals surface area contributed by atoms with Gasteiger partial charge in [-0.25, -0.2) is 0 Å². The molecule has 0 aliphatic heterocycles. The fourth-order valence-electron chi connectivity index (χ4n) is 3.41. The normalized spacial score (nSPS) is 16.4. The SMILES string of the molecule is CCCC1=CC[C]([Zr+2]([C]2=CC(CCC)=CC2)[SiH](C)C)=C1.[Cl-].[Cl-]. The van der Waals surface area contributed by atoms with E-state index in [0.29, 0.717) is 0 Å². The summed E-state index contributed by atoms with van der Waals surface area (Å²) in [6.45, 7) is 9.80. The third kappa shape index (κ3) is 5.93. The third-order valence-corrected chi connectivity index (χ3v) is 23.4. The Bertz CT molecular complexity index is 435. The van der Waals surface area contributed by atoms with Crippen molar-refractivity contribution in [2.24, 2.45) is 0 Å². The zero-order chi connectivity index (χ0) is 14.5. The first-order chi connectivity index (χ1) is 9.65. The second-order valence-electron chi connectivity index (χ2n) is 6.37. The number of allylic oxidation sites excluding steroid dienone is 8. The van der Waals surface area contributed by atoms with E-state index in [2.05, 4.69) is 51.2 Å². The van der Waals surface area contributed by atoms with Gasteiger partial charge < -0.3 is 24.8 Å². The summed E-state index contributed by atoms with van der Waals surface area (Å²) in [4.78, 5) is 0. The Morgan fingerprint density at radius 1 is 0.864 bits per heavy atom. The summed E-state index contributed by atoms with van der Waals surface area (Å²) < 4.78 is 3.82. The zero-order valence-corrected chi connectivity index (χ0v) is 19.5. The van der Waals surface area contributed by atoms with Crippen LogP contribution in [0.4, 0.5) is 0 Å². The topological polar surface area (TPSA) is 0 Å². The van der Waals surface area contributed by atoms with Gasteiger partial charge in [-0.15, -0.1) is 0 Å². The molecule has 0 spiro atoms. The molecule has 0 atom stereocenters. The molecule has 0 saturated carbocycles. The summed E-state index contributed by atoms with van der Waals surface area (Å²) in [7, 11) is 0. The van der Waals surface area contributed by atoms with Crippen LogP contribution in [0.3, 0.4) is 0 Å². The van der Waals surface area contributed by atoms with Crippen LogP contribution >= 0.6 is 0 Å². The van der Waals surface area contributed by atoms with Crippen LogP contribution < -0.4 is 24.8 Å². The average Bonchev–Trinajstić information content (AvgIpc) is 3.01. The third-order valence-electron chi connectivity index (χ3n) is 4.23. The Morgan fingerprint density at radius 2 is 1.27 bits per heavy atom. The minimum Gasteiger partial charge on any atom is -1.00 e. The van der Waals surface area contributed by atoms with E-state index < -0.39 is 26.8 Å². The molecule has 0 unspecified atom stereocenters. The Labute approximate surface area is 158 Å². The maximum Gasteiger partial charge on any atom is -1.00 e. The van der Waals surface area contributed by atoms with Crippen molar-refractivity contribution in [2.75, 3.05) is 0 Å². The van der Waals surface area contributed by atoms with Gasteiger partial charge in [-0.05, 0) is 0 Å². The van der Waals surface area contributed by atoms with Crippen LogP contribution in [-0.4, -0.2) is 5.92 Å². The van der Waals surface area contributed by atoms with E-state index in [9.17, 15) is 0 Å². The van der Waals surface area contributed by atoms with Gasteiger partial charge >= 0.3 is 134 Å². The van der Waals surface area contributed by atoms with Gasteiger partial charge in [-0.1, -0.05) is 0 Å². The van der Waals surface area contributed by atoms with Crippen molar-refractivity contribution < 1.29 is 45.7 Å². The standard InChI is InChI=1S/2C8H11.C2H7Si.2ClH.Zr/c2*1-2-5-8-6-3-4-7-8;1-3-2;;;/h2*6-7H,2-3,5H2,1H3;3H,1-2H3;2*1H;/q;;;;;+2/p-2. The van der Waals surface area contributed by atoms with E-state index in [4.69, 9.17) is 0 Å². The number of halogens is 2. The maximum absolute atomic E-state index is 2.62. The molecule has 0 heterocycles. The summed E-state index contributed by atoms with van der Waals surface area (Å²) in [5.74, 6) is -0.493. The molecule has 0 N–H and O–H groups in total. The summed E-state index contributed by atoms with van der Waals surface area (Å²) in [6.07, 6.45) is 18.0. The molecule has 0 nitrogen and oxygen atoms in total. The quantitative estimate of drug-likeness (QED) is 0.479. The van der Waals surface area contributed by atoms with Crippen molar-refractivity contribution in [3.8, 4) is 0 Å². The van der Waals surface area contributed by atoms with Gasteiger partial charge in [-0.3, -0.25) is 0 Å². The monoisotopic (exact) mass is 433 g/mol. The van der Waals surface area contributed by atoms with E-state index in [1.807, 2.05) is 6.56 Å². The molecule has 0 amide bonds. The Balaban J connectivity index is 0.00000220. The van der Waals surface area contributed by atoms with Crippen molar-refractivity contribution >= 4 is 5.92 Å². The van der Waals surface area contributed by atoms with Gasteiger partial charge in [0, 0.05) is 0 Å². The van der Waals surface area contributed by atoms with Crippen molar-refractivity contribution in [3.63, 3.8) is 0 Å². The van der Waals surface area contributed by atoms with E-state index in [-0.39, 0.29) is 24.8 Å². The molecule has 0 aromatic rings. The molecule has 2 aliphatic rings. The predicted octanol–water partition coefficient (Wildman–Crippen LogP) is -0.376. The van der Waals surface area contributed by atoms with Crippen molar-refractivity contribution in [1.29, 1.82) is 0 Å². The van der Waals surface area contributed by atoms with Crippen LogP contribution in [0.1, 0.15) is 52.4 Å². The summed E-state index contributed by atoms with van der Waals surface area (Å²) in [6, 6.07) is 0. The fraction of sp³-hybridized carbons (Fsp3) is 0.556. The molecule has 4 heteroatoms. The molecule has 123 valence electrons. The first-order valence-corrected chi connectivity index (χ1v) is 17.9. The Hall–Kier alpha value is 0.640. The minimum absolute atomic E-state index is 0. The minimum atomic E-state index is -1.44. The van der Waals surface area contributed by atoms with Gasteiger partial charge in [0.15, 0.2) is 0 Å². The average molecular weight is 436 g/mol.